The van der Waals surface area contributed by atoms with E-state index in [9.17, 15) is 0 Å². The summed E-state index contributed by atoms with van der Waals surface area (Å²) in [6.45, 7) is 3.25. The quantitative estimate of drug-likeness (QED) is 0.909. The van der Waals surface area contributed by atoms with Gasteiger partial charge >= 0.3 is 0 Å². The summed E-state index contributed by atoms with van der Waals surface area (Å²) in [5.74, 6) is 1.71. The van der Waals surface area contributed by atoms with Crippen LogP contribution in [-0.4, -0.2) is 6.79 Å². The average molecular weight is 340 g/mol. The number of nitrogens with one attached hydrogen (secondary N) is 1. The molecular weight excluding hydrogens is 326 g/mol. The molecule has 1 aromatic carbocycles. The Morgan fingerprint density at radius 2 is 2.21 bits per heavy atom. The molecule has 0 spiro atoms. The fraction of sp³-hybridized carbons (Fsp3) is 0.286. The summed E-state index contributed by atoms with van der Waals surface area (Å²) in [6.07, 6.45) is 0. The van der Waals surface area contributed by atoms with Crippen LogP contribution < -0.4 is 14.8 Å². The zero-order valence-electron chi connectivity index (χ0n) is 10.5. The van der Waals surface area contributed by atoms with Crippen LogP contribution in [0.3, 0.4) is 0 Å². The SMILES string of the molecule is CC(NCc1cccc2c1OCO2)c1ccc(Br)s1. The lowest BCUT2D eigenvalue weighted by Gasteiger charge is -2.13. The molecule has 1 atom stereocenters. The minimum Gasteiger partial charge on any atom is -0.454 e. The first-order valence-electron chi connectivity index (χ1n) is 6.10. The first kappa shape index (κ1) is 13.0. The largest absolute Gasteiger partial charge is 0.454 e. The number of hydrogen-bond acceptors (Lipinski definition) is 4. The van der Waals surface area contributed by atoms with E-state index in [0.29, 0.717) is 12.8 Å². The van der Waals surface area contributed by atoms with Gasteiger partial charge in [0.25, 0.3) is 0 Å². The van der Waals surface area contributed by atoms with E-state index < -0.39 is 0 Å². The van der Waals surface area contributed by atoms with Crippen LogP contribution in [0.1, 0.15) is 23.4 Å². The minimum atomic E-state index is 0.314. The van der Waals surface area contributed by atoms with E-state index in [0.717, 1.165) is 27.4 Å². The Balaban J connectivity index is 1.68. The molecule has 0 aliphatic carbocycles. The second-order valence-corrected chi connectivity index (χ2v) is 6.89. The maximum Gasteiger partial charge on any atom is 0.231 e. The van der Waals surface area contributed by atoms with Crippen molar-refractivity contribution in [2.75, 3.05) is 6.79 Å². The average Bonchev–Trinajstić information content (AvgIpc) is 3.04. The molecule has 0 amide bonds. The molecule has 3 nitrogen and oxygen atoms in total. The monoisotopic (exact) mass is 339 g/mol. The van der Waals surface area contributed by atoms with Gasteiger partial charge < -0.3 is 14.8 Å². The smallest absolute Gasteiger partial charge is 0.231 e. The van der Waals surface area contributed by atoms with Crippen LogP contribution in [0, 0.1) is 0 Å². The van der Waals surface area contributed by atoms with Crippen molar-refractivity contribution in [2.24, 2.45) is 0 Å². The Bertz CT molecular complexity index is 585. The molecule has 0 saturated heterocycles. The van der Waals surface area contributed by atoms with Crippen LogP contribution in [-0.2, 0) is 6.54 Å². The van der Waals surface area contributed by atoms with Crippen LogP contribution in [0.25, 0.3) is 0 Å². The highest BCUT2D eigenvalue weighted by Gasteiger charge is 2.17. The van der Waals surface area contributed by atoms with E-state index in [1.165, 1.54) is 4.88 Å². The van der Waals surface area contributed by atoms with Gasteiger partial charge in [-0.05, 0) is 41.1 Å². The Morgan fingerprint density at radius 3 is 3.00 bits per heavy atom. The number of halogens is 1. The van der Waals surface area contributed by atoms with Gasteiger partial charge in [0.05, 0.1) is 3.79 Å². The lowest BCUT2D eigenvalue weighted by molar-refractivity contribution is 0.173. The Kier molecular flexibility index (Phi) is 3.77. The second kappa shape index (κ2) is 5.53. The van der Waals surface area contributed by atoms with Gasteiger partial charge in [-0.3, -0.25) is 0 Å². The molecule has 1 unspecified atom stereocenters. The molecule has 19 heavy (non-hydrogen) atoms. The number of para-hydroxylation sites is 1. The maximum absolute atomic E-state index is 5.50. The van der Waals surface area contributed by atoms with Crippen molar-refractivity contribution in [3.63, 3.8) is 0 Å². The fourth-order valence-electron chi connectivity index (χ4n) is 2.05. The predicted molar refractivity (Wildman–Crippen MR) is 79.8 cm³/mol. The molecule has 100 valence electrons. The summed E-state index contributed by atoms with van der Waals surface area (Å²) in [5, 5.41) is 3.51. The third kappa shape index (κ3) is 2.78. The van der Waals surface area contributed by atoms with E-state index in [1.807, 2.05) is 12.1 Å². The zero-order chi connectivity index (χ0) is 13.2. The minimum absolute atomic E-state index is 0.314. The van der Waals surface area contributed by atoms with Crippen molar-refractivity contribution in [3.05, 3.63) is 44.6 Å². The molecule has 2 heterocycles. The predicted octanol–water partition coefficient (Wildman–Crippen LogP) is 4.09. The first-order valence-corrected chi connectivity index (χ1v) is 7.71. The van der Waals surface area contributed by atoms with Crippen molar-refractivity contribution in [1.82, 2.24) is 5.32 Å². The Labute approximate surface area is 124 Å². The third-order valence-electron chi connectivity index (χ3n) is 3.10. The van der Waals surface area contributed by atoms with Crippen molar-refractivity contribution in [2.45, 2.75) is 19.5 Å². The van der Waals surface area contributed by atoms with Gasteiger partial charge in [-0.2, -0.15) is 0 Å². The summed E-state index contributed by atoms with van der Waals surface area (Å²) in [4.78, 5) is 1.32. The Hall–Kier alpha value is -1.04. The van der Waals surface area contributed by atoms with Gasteiger partial charge in [0.1, 0.15) is 0 Å². The van der Waals surface area contributed by atoms with Crippen LogP contribution in [0.2, 0.25) is 0 Å². The van der Waals surface area contributed by atoms with E-state index in [2.05, 4.69) is 46.4 Å². The molecule has 2 aromatic rings. The second-order valence-electron chi connectivity index (χ2n) is 4.40. The molecule has 5 heteroatoms. The summed E-state index contributed by atoms with van der Waals surface area (Å²) in [5.41, 5.74) is 1.14. The number of ether oxygens (including phenoxy) is 2. The van der Waals surface area contributed by atoms with Crippen LogP contribution in [0.5, 0.6) is 11.5 Å². The number of hydrogen-bond donors (Lipinski definition) is 1. The fourth-order valence-corrected chi connectivity index (χ4v) is 3.50. The lowest BCUT2D eigenvalue weighted by atomic mass is 10.1. The van der Waals surface area contributed by atoms with Crippen LogP contribution in [0.15, 0.2) is 34.1 Å². The van der Waals surface area contributed by atoms with Gasteiger partial charge in [-0.1, -0.05) is 12.1 Å². The van der Waals surface area contributed by atoms with Gasteiger partial charge in [-0.15, -0.1) is 11.3 Å². The molecule has 1 N–H and O–H groups in total. The van der Waals surface area contributed by atoms with E-state index in [-0.39, 0.29) is 0 Å². The van der Waals surface area contributed by atoms with E-state index in [4.69, 9.17) is 9.47 Å². The first-order chi connectivity index (χ1) is 9.24. The van der Waals surface area contributed by atoms with Crippen LogP contribution >= 0.6 is 27.3 Å². The number of rotatable bonds is 4. The lowest BCUT2D eigenvalue weighted by Crippen LogP contribution is -2.17. The molecule has 0 radical (unpaired) electrons. The molecule has 0 saturated carbocycles. The molecule has 1 aliphatic heterocycles. The van der Waals surface area contributed by atoms with Gasteiger partial charge in [0.2, 0.25) is 6.79 Å². The van der Waals surface area contributed by atoms with Crippen molar-refractivity contribution in [3.8, 4) is 11.5 Å². The van der Waals surface area contributed by atoms with E-state index >= 15 is 0 Å². The molecular formula is C14H14BrNO2S. The molecule has 0 fully saturated rings. The van der Waals surface area contributed by atoms with Gasteiger partial charge in [-0.25, -0.2) is 0 Å². The van der Waals surface area contributed by atoms with E-state index in [1.54, 1.807) is 11.3 Å². The van der Waals surface area contributed by atoms with Crippen LogP contribution in [0.4, 0.5) is 0 Å². The highest BCUT2D eigenvalue weighted by Crippen LogP contribution is 2.35. The standard InChI is InChI=1S/C14H14BrNO2S/c1-9(12-5-6-13(15)19-12)16-7-10-3-2-4-11-14(10)18-8-17-11/h2-6,9,16H,7-8H2,1H3. The molecule has 0 bridgehead atoms. The number of fused-ring (bicyclic) bond motifs is 1. The highest BCUT2D eigenvalue weighted by atomic mass is 79.9. The topological polar surface area (TPSA) is 30.5 Å². The molecule has 3 rings (SSSR count). The highest BCUT2D eigenvalue weighted by molar-refractivity contribution is 9.11. The Morgan fingerprint density at radius 1 is 1.32 bits per heavy atom. The molecule has 1 aromatic heterocycles. The number of benzene rings is 1. The summed E-state index contributed by atoms with van der Waals surface area (Å²) >= 11 is 5.25. The summed E-state index contributed by atoms with van der Waals surface area (Å²) in [7, 11) is 0. The van der Waals surface area contributed by atoms with Crippen molar-refractivity contribution < 1.29 is 9.47 Å². The zero-order valence-corrected chi connectivity index (χ0v) is 12.9. The summed E-state index contributed by atoms with van der Waals surface area (Å²) in [6, 6.07) is 10.5. The normalized spacial score (nSPS) is 14.6. The summed E-state index contributed by atoms with van der Waals surface area (Å²) < 4.78 is 12.0. The van der Waals surface area contributed by atoms with Crippen molar-refractivity contribution in [1.29, 1.82) is 0 Å². The van der Waals surface area contributed by atoms with Gasteiger partial charge in [0.15, 0.2) is 11.5 Å². The number of thiophene rings is 1. The maximum atomic E-state index is 5.50. The van der Waals surface area contributed by atoms with Crippen molar-refractivity contribution >= 4 is 27.3 Å². The van der Waals surface area contributed by atoms with Gasteiger partial charge in [0, 0.05) is 23.0 Å². The third-order valence-corrected chi connectivity index (χ3v) is 4.90. The molecule has 1 aliphatic rings.